The Morgan fingerprint density at radius 1 is 1.40 bits per heavy atom. The summed E-state index contributed by atoms with van der Waals surface area (Å²) in [5, 5.41) is 8.61. The van der Waals surface area contributed by atoms with E-state index in [1.165, 1.54) is 6.08 Å². The van der Waals surface area contributed by atoms with E-state index in [2.05, 4.69) is 0 Å². The molecule has 0 spiro atoms. The number of carboxylic acid groups (broad SMARTS) is 1. The van der Waals surface area contributed by atoms with E-state index in [1.807, 2.05) is 0 Å². The molecule has 1 atom stereocenters. The molecule has 1 aromatic carbocycles. The Morgan fingerprint density at radius 2 is 2.25 bits per heavy atom. The average Bonchev–Trinajstić information content (AvgIpc) is 2.47. The highest BCUT2D eigenvalue weighted by Crippen LogP contribution is 2.31. The Hall–Kier alpha value is -2.01. The van der Waals surface area contributed by atoms with Crippen molar-refractivity contribution in [2.75, 3.05) is 13.7 Å². The lowest BCUT2D eigenvalue weighted by Gasteiger charge is -2.24. The first-order chi connectivity index (χ1) is 9.69. The van der Waals surface area contributed by atoms with Gasteiger partial charge < -0.3 is 19.3 Å². The standard InChI is InChI=1S/C15H18O5/c1-18-13-10-11(6-8-14(16)17)5-7-12(13)20-15-4-2-3-9-19-15/h5-8,10,15H,2-4,9H2,1H3,(H,16,17)/b8-6+. The SMILES string of the molecule is COc1cc(/C=C/C(=O)O)ccc1OC1CCCCO1. The van der Waals surface area contributed by atoms with Gasteiger partial charge in [-0.2, -0.15) is 0 Å². The molecule has 1 aromatic rings. The zero-order valence-corrected chi connectivity index (χ0v) is 11.4. The van der Waals surface area contributed by atoms with Gasteiger partial charge in [-0.15, -0.1) is 0 Å². The Labute approximate surface area is 117 Å². The molecule has 0 saturated carbocycles. The number of carboxylic acids is 1. The van der Waals surface area contributed by atoms with E-state index in [4.69, 9.17) is 19.3 Å². The second-order valence-corrected chi connectivity index (χ2v) is 4.50. The highest BCUT2D eigenvalue weighted by Gasteiger charge is 2.17. The topological polar surface area (TPSA) is 65.0 Å². The Bertz CT molecular complexity index is 489. The maximum absolute atomic E-state index is 10.5. The minimum Gasteiger partial charge on any atom is -0.493 e. The number of aliphatic carboxylic acids is 1. The maximum atomic E-state index is 10.5. The number of hydrogen-bond donors (Lipinski definition) is 1. The molecule has 20 heavy (non-hydrogen) atoms. The third-order valence-electron chi connectivity index (χ3n) is 3.00. The van der Waals surface area contributed by atoms with Gasteiger partial charge in [0, 0.05) is 12.5 Å². The van der Waals surface area contributed by atoms with Gasteiger partial charge in [0.15, 0.2) is 17.8 Å². The second kappa shape index (κ2) is 6.96. The summed E-state index contributed by atoms with van der Waals surface area (Å²) in [5.41, 5.74) is 0.737. The fourth-order valence-electron chi connectivity index (χ4n) is 2.00. The maximum Gasteiger partial charge on any atom is 0.328 e. The lowest BCUT2D eigenvalue weighted by molar-refractivity contribution is -0.131. The summed E-state index contributed by atoms with van der Waals surface area (Å²) in [5.74, 6) is 0.179. The number of ether oxygens (including phenoxy) is 3. The molecule has 0 bridgehead atoms. The van der Waals surface area contributed by atoms with Gasteiger partial charge in [0.05, 0.1) is 13.7 Å². The van der Waals surface area contributed by atoms with Gasteiger partial charge in [0.25, 0.3) is 0 Å². The Balaban J connectivity index is 2.10. The molecule has 1 saturated heterocycles. The molecule has 0 aromatic heterocycles. The fourth-order valence-corrected chi connectivity index (χ4v) is 2.00. The zero-order chi connectivity index (χ0) is 14.4. The molecule has 1 unspecified atom stereocenters. The molecular formula is C15H18O5. The van der Waals surface area contributed by atoms with Crippen molar-refractivity contribution in [3.8, 4) is 11.5 Å². The summed E-state index contributed by atoms with van der Waals surface area (Å²) in [6.07, 6.45) is 5.37. The minimum absolute atomic E-state index is 0.238. The lowest BCUT2D eigenvalue weighted by Crippen LogP contribution is -2.25. The van der Waals surface area contributed by atoms with Crippen LogP contribution in [0.2, 0.25) is 0 Å². The van der Waals surface area contributed by atoms with E-state index in [9.17, 15) is 4.79 Å². The largest absolute Gasteiger partial charge is 0.493 e. The van der Waals surface area contributed by atoms with Crippen LogP contribution in [0.15, 0.2) is 24.3 Å². The molecule has 108 valence electrons. The van der Waals surface area contributed by atoms with E-state index in [-0.39, 0.29) is 6.29 Å². The highest BCUT2D eigenvalue weighted by atomic mass is 16.7. The van der Waals surface area contributed by atoms with Gasteiger partial charge in [0.1, 0.15) is 0 Å². The molecule has 5 heteroatoms. The van der Waals surface area contributed by atoms with Gasteiger partial charge >= 0.3 is 5.97 Å². The first-order valence-electron chi connectivity index (χ1n) is 6.56. The number of methoxy groups -OCH3 is 1. The van der Waals surface area contributed by atoms with Crippen LogP contribution >= 0.6 is 0 Å². The molecule has 5 nitrogen and oxygen atoms in total. The smallest absolute Gasteiger partial charge is 0.328 e. The summed E-state index contributed by atoms with van der Waals surface area (Å²) in [7, 11) is 1.55. The molecular weight excluding hydrogens is 260 g/mol. The molecule has 0 amide bonds. The van der Waals surface area contributed by atoms with E-state index in [0.29, 0.717) is 18.1 Å². The van der Waals surface area contributed by atoms with E-state index in [0.717, 1.165) is 30.9 Å². The van der Waals surface area contributed by atoms with Gasteiger partial charge in [-0.3, -0.25) is 0 Å². The second-order valence-electron chi connectivity index (χ2n) is 4.50. The first kappa shape index (κ1) is 14.4. The molecule has 0 aliphatic carbocycles. The van der Waals surface area contributed by atoms with Crippen LogP contribution in [0, 0.1) is 0 Å². The van der Waals surface area contributed by atoms with Crippen molar-refractivity contribution in [2.45, 2.75) is 25.6 Å². The minimum atomic E-state index is -0.986. The van der Waals surface area contributed by atoms with E-state index < -0.39 is 5.97 Å². The predicted octanol–water partition coefficient (Wildman–Crippen LogP) is 2.70. The highest BCUT2D eigenvalue weighted by molar-refractivity contribution is 5.85. The van der Waals surface area contributed by atoms with Crippen LogP contribution in [0.4, 0.5) is 0 Å². The third kappa shape index (κ3) is 3.99. The number of hydrogen-bond acceptors (Lipinski definition) is 4. The Morgan fingerprint density at radius 3 is 2.90 bits per heavy atom. The molecule has 1 fully saturated rings. The van der Waals surface area contributed by atoms with Crippen LogP contribution in [-0.4, -0.2) is 31.1 Å². The summed E-state index contributed by atoms with van der Waals surface area (Å²) in [6, 6.07) is 5.27. The van der Waals surface area contributed by atoms with Gasteiger partial charge in [0.2, 0.25) is 0 Å². The molecule has 2 rings (SSSR count). The molecule has 0 radical (unpaired) electrons. The van der Waals surface area contributed by atoms with Crippen molar-refractivity contribution in [1.29, 1.82) is 0 Å². The van der Waals surface area contributed by atoms with E-state index >= 15 is 0 Å². The quantitative estimate of drug-likeness (QED) is 0.839. The van der Waals surface area contributed by atoms with Crippen LogP contribution in [0.25, 0.3) is 6.08 Å². The number of benzene rings is 1. The van der Waals surface area contributed by atoms with Crippen molar-refractivity contribution in [3.63, 3.8) is 0 Å². The summed E-state index contributed by atoms with van der Waals surface area (Å²) >= 11 is 0. The van der Waals surface area contributed by atoms with Crippen LogP contribution in [0.3, 0.4) is 0 Å². The van der Waals surface area contributed by atoms with Crippen LogP contribution in [0.5, 0.6) is 11.5 Å². The summed E-state index contributed by atoms with van der Waals surface area (Å²) in [6.45, 7) is 0.715. The van der Waals surface area contributed by atoms with Crippen molar-refractivity contribution in [3.05, 3.63) is 29.8 Å². The zero-order valence-electron chi connectivity index (χ0n) is 11.4. The molecule has 1 N–H and O–H groups in total. The van der Waals surface area contributed by atoms with Gasteiger partial charge in [-0.1, -0.05) is 6.07 Å². The fraction of sp³-hybridized carbons (Fsp3) is 0.400. The average molecular weight is 278 g/mol. The summed E-state index contributed by atoms with van der Waals surface area (Å²) in [4.78, 5) is 10.5. The third-order valence-corrected chi connectivity index (χ3v) is 3.00. The van der Waals surface area contributed by atoms with Crippen LogP contribution in [0.1, 0.15) is 24.8 Å². The van der Waals surface area contributed by atoms with Crippen molar-refractivity contribution in [2.24, 2.45) is 0 Å². The van der Waals surface area contributed by atoms with Crippen molar-refractivity contribution in [1.82, 2.24) is 0 Å². The van der Waals surface area contributed by atoms with E-state index in [1.54, 1.807) is 25.3 Å². The molecule has 1 aliphatic heterocycles. The number of rotatable bonds is 5. The lowest BCUT2D eigenvalue weighted by atomic mass is 10.2. The van der Waals surface area contributed by atoms with Gasteiger partial charge in [-0.25, -0.2) is 4.79 Å². The number of carbonyl (C=O) groups is 1. The summed E-state index contributed by atoms with van der Waals surface area (Å²) < 4.78 is 16.6. The van der Waals surface area contributed by atoms with Gasteiger partial charge in [-0.05, 0) is 36.6 Å². The van der Waals surface area contributed by atoms with Crippen LogP contribution in [-0.2, 0) is 9.53 Å². The molecule has 1 aliphatic rings. The first-order valence-corrected chi connectivity index (χ1v) is 6.56. The predicted molar refractivity (Wildman–Crippen MR) is 73.9 cm³/mol. The van der Waals surface area contributed by atoms with Crippen LogP contribution < -0.4 is 9.47 Å². The monoisotopic (exact) mass is 278 g/mol. The Kier molecular flexibility index (Phi) is 5.01. The van der Waals surface area contributed by atoms with Crippen molar-refractivity contribution < 1.29 is 24.1 Å². The normalized spacial score (nSPS) is 18.9. The van der Waals surface area contributed by atoms with Crippen molar-refractivity contribution >= 4 is 12.0 Å². The molecule has 1 heterocycles.